The Kier molecular flexibility index (Phi) is 3.27. The molecule has 0 radical (unpaired) electrons. The van der Waals surface area contributed by atoms with Gasteiger partial charge >= 0.3 is 0 Å². The van der Waals surface area contributed by atoms with Crippen LogP contribution in [0.15, 0.2) is 60.8 Å². The summed E-state index contributed by atoms with van der Waals surface area (Å²) in [6.45, 7) is 0. The molecule has 5 nitrogen and oxygen atoms in total. The Morgan fingerprint density at radius 2 is 1.48 bits per heavy atom. The minimum absolute atomic E-state index is 0.294. The molecule has 0 atom stereocenters. The van der Waals surface area contributed by atoms with Crippen molar-refractivity contribution in [2.24, 2.45) is 0 Å². The summed E-state index contributed by atoms with van der Waals surface area (Å²) >= 11 is 0. The Bertz CT molecular complexity index is 927. The van der Waals surface area contributed by atoms with Crippen molar-refractivity contribution in [2.45, 2.75) is 18.1 Å². The van der Waals surface area contributed by atoms with Crippen LogP contribution in [0.5, 0.6) is 0 Å². The molecule has 0 bridgehead atoms. The SMILES string of the molecule is O=S(=O)(C1CC1)n1cc(-c2ccc(-c3ccccc3)cc2)nn1. The van der Waals surface area contributed by atoms with E-state index in [-0.39, 0.29) is 5.25 Å². The first kappa shape index (κ1) is 14.1. The van der Waals surface area contributed by atoms with Gasteiger partial charge in [-0.05, 0) is 24.0 Å². The lowest BCUT2D eigenvalue weighted by atomic mass is 10.0. The second-order valence-electron chi connectivity index (χ2n) is 5.66. The third-order valence-corrected chi connectivity index (χ3v) is 5.98. The molecule has 0 aliphatic heterocycles. The summed E-state index contributed by atoms with van der Waals surface area (Å²) in [5, 5.41) is 7.49. The third-order valence-electron chi connectivity index (χ3n) is 3.97. The number of benzene rings is 2. The largest absolute Gasteiger partial charge is 0.258 e. The summed E-state index contributed by atoms with van der Waals surface area (Å²) in [6.07, 6.45) is 2.91. The van der Waals surface area contributed by atoms with E-state index < -0.39 is 10.0 Å². The number of rotatable bonds is 4. The van der Waals surface area contributed by atoms with E-state index in [4.69, 9.17) is 0 Å². The van der Waals surface area contributed by atoms with Crippen LogP contribution in [-0.2, 0) is 10.0 Å². The number of hydrogen-bond donors (Lipinski definition) is 0. The van der Waals surface area contributed by atoms with Gasteiger partial charge in [0.1, 0.15) is 5.69 Å². The minimum Gasteiger partial charge on any atom is -0.204 e. The molecule has 3 aromatic rings. The van der Waals surface area contributed by atoms with Gasteiger partial charge in [-0.15, -0.1) is 9.19 Å². The highest BCUT2D eigenvalue weighted by Crippen LogP contribution is 2.30. The van der Waals surface area contributed by atoms with Gasteiger partial charge in [-0.25, -0.2) is 8.42 Å². The standard InChI is InChI=1S/C17H15N3O2S/c21-23(22,16-10-11-16)20-12-17(18-19-20)15-8-6-14(7-9-15)13-4-2-1-3-5-13/h1-9,12,16H,10-11H2. The summed E-state index contributed by atoms with van der Waals surface area (Å²) in [6, 6.07) is 17.9. The predicted molar refractivity (Wildman–Crippen MR) is 88.2 cm³/mol. The molecular formula is C17H15N3O2S. The second-order valence-corrected chi connectivity index (χ2v) is 7.73. The molecule has 1 aromatic heterocycles. The van der Waals surface area contributed by atoms with Gasteiger partial charge in [-0.3, -0.25) is 0 Å². The molecule has 1 heterocycles. The molecule has 0 amide bonds. The highest BCUT2D eigenvalue weighted by Gasteiger charge is 2.38. The van der Waals surface area contributed by atoms with E-state index in [1.54, 1.807) is 0 Å². The second kappa shape index (κ2) is 5.31. The van der Waals surface area contributed by atoms with Gasteiger partial charge in [0.25, 0.3) is 10.0 Å². The Morgan fingerprint density at radius 1 is 0.870 bits per heavy atom. The van der Waals surface area contributed by atoms with Crippen LogP contribution in [0.3, 0.4) is 0 Å². The average molecular weight is 325 g/mol. The Balaban J connectivity index is 1.63. The van der Waals surface area contributed by atoms with Crippen LogP contribution in [0, 0.1) is 0 Å². The Labute approximate surface area is 134 Å². The van der Waals surface area contributed by atoms with Crippen LogP contribution in [-0.4, -0.2) is 28.1 Å². The Morgan fingerprint density at radius 3 is 2.13 bits per heavy atom. The van der Waals surface area contributed by atoms with Crippen LogP contribution < -0.4 is 0 Å². The first-order valence-corrected chi connectivity index (χ1v) is 8.97. The molecule has 1 fully saturated rings. The monoisotopic (exact) mass is 325 g/mol. The van der Waals surface area contributed by atoms with Crippen molar-refractivity contribution < 1.29 is 8.42 Å². The summed E-state index contributed by atoms with van der Waals surface area (Å²) in [5.41, 5.74) is 3.65. The van der Waals surface area contributed by atoms with Crippen LogP contribution in [0.1, 0.15) is 12.8 Å². The molecule has 23 heavy (non-hydrogen) atoms. The van der Waals surface area contributed by atoms with E-state index in [1.165, 1.54) is 6.20 Å². The van der Waals surface area contributed by atoms with Gasteiger partial charge in [0, 0.05) is 5.56 Å². The van der Waals surface area contributed by atoms with Crippen LogP contribution >= 0.6 is 0 Å². The van der Waals surface area contributed by atoms with Crippen molar-refractivity contribution in [3.8, 4) is 22.4 Å². The third kappa shape index (κ3) is 2.66. The van der Waals surface area contributed by atoms with Gasteiger partial charge in [0.05, 0.1) is 11.4 Å². The maximum absolute atomic E-state index is 12.1. The van der Waals surface area contributed by atoms with Crippen molar-refractivity contribution >= 4 is 10.0 Å². The molecule has 2 aromatic carbocycles. The van der Waals surface area contributed by atoms with Crippen LogP contribution in [0.2, 0.25) is 0 Å². The van der Waals surface area contributed by atoms with E-state index in [0.29, 0.717) is 18.5 Å². The molecule has 4 rings (SSSR count). The van der Waals surface area contributed by atoms with Gasteiger partial charge in [0.2, 0.25) is 0 Å². The fraction of sp³-hybridized carbons (Fsp3) is 0.176. The molecule has 1 saturated carbocycles. The lowest BCUT2D eigenvalue weighted by Crippen LogP contribution is -2.17. The van der Waals surface area contributed by atoms with Crippen molar-refractivity contribution in [1.82, 2.24) is 14.4 Å². The zero-order valence-corrected chi connectivity index (χ0v) is 13.1. The molecule has 6 heteroatoms. The molecule has 1 aliphatic carbocycles. The summed E-state index contributed by atoms with van der Waals surface area (Å²) < 4.78 is 25.3. The summed E-state index contributed by atoms with van der Waals surface area (Å²) in [4.78, 5) is 0. The smallest absolute Gasteiger partial charge is 0.204 e. The van der Waals surface area contributed by atoms with Crippen molar-refractivity contribution in [1.29, 1.82) is 0 Å². The molecule has 0 saturated heterocycles. The Hall–Kier alpha value is -2.47. The summed E-state index contributed by atoms with van der Waals surface area (Å²) in [7, 11) is -3.36. The van der Waals surface area contributed by atoms with E-state index in [1.807, 2.05) is 54.6 Å². The molecule has 1 aliphatic rings. The quantitative estimate of drug-likeness (QED) is 0.740. The first-order valence-electron chi connectivity index (χ1n) is 7.47. The van der Waals surface area contributed by atoms with E-state index in [0.717, 1.165) is 20.8 Å². The average Bonchev–Trinajstić information content (AvgIpc) is 3.34. The van der Waals surface area contributed by atoms with Crippen molar-refractivity contribution in [2.75, 3.05) is 0 Å². The number of aromatic nitrogens is 3. The minimum atomic E-state index is -3.36. The van der Waals surface area contributed by atoms with Gasteiger partial charge < -0.3 is 0 Å². The van der Waals surface area contributed by atoms with Gasteiger partial charge in [-0.2, -0.15) is 0 Å². The normalized spacial score (nSPS) is 14.8. The fourth-order valence-electron chi connectivity index (χ4n) is 2.49. The van der Waals surface area contributed by atoms with Crippen LogP contribution in [0.25, 0.3) is 22.4 Å². The zero-order chi connectivity index (χ0) is 15.9. The predicted octanol–water partition coefficient (Wildman–Crippen LogP) is 2.95. The molecule has 0 spiro atoms. The molecule has 116 valence electrons. The van der Waals surface area contributed by atoms with E-state index in [2.05, 4.69) is 10.3 Å². The fourth-order valence-corrected chi connectivity index (χ4v) is 3.91. The lowest BCUT2D eigenvalue weighted by Gasteiger charge is -2.02. The van der Waals surface area contributed by atoms with Crippen molar-refractivity contribution in [3.63, 3.8) is 0 Å². The van der Waals surface area contributed by atoms with E-state index >= 15 is 0 Å². The maximum atomic E-state index is 12.1. The zero-order valence-electron chi connectivity index (χ0n) is 12.3. The topological polar surface area (TPSA) is 64.8 Å². The van der Waals surface area contributed by atoms with Crippen LogP contribution in [0.4, 0.5) is 0 Å². The highest BCUT2D eigenvalue weighted by atomic mass is 32.2. The maximum Gasteiger partial charge on any atom is 0.258 e. The molecule has 0 unspecified atom stereocenters. The molecule has 0 N–H and O–H groups in total. The van der Waals surface area contributed by atoms with E-state index in [9.17, 15) is 8.42 Å². The number of nitrogens with zero attached hydrogens (tertiary/aromatic N) is 3. The van der Waals surface area contributed by atoms with Gasteiger partial charge in [-0.1, -0.05) is 59.8 Å². The number of hydrogen-bond acceptors (Lipinski definition) is 4. The van der Waals surface area contributed by atoms with Gasteiger partial charge in [0.15, 0.2) is 0 Å². The highest BCUT2D eigenvalue weighted by molar-refractivity contribution is 7.90. The molecular weight excluding hydrogens is 310 g/mol. The first-order chi connectivity index (χ1) is 11.1. The lowest BCUT2D eigenvalue weighted by molar-refractivity contribution is 0.576. The van der Waals surface area contributed by atoms with Crippen molar-refractivity contribution in [3.05, 3.63) is 60.8 Å². The summed E-state index contributed by atoms with van der Waals surface area (Å²) in [5.74, 6) is 0.